The molecule has 3 aliphatic rings. The van der Waals surface area contributed by atoms with Crippen LogP contribution in [0, 0.1) is 0 Å². The summed E-state index contributed by atoms with van der Waals surface area (Å²) < 4.78 is 5.29. The van der Waals surface area contributed by atoms with Crippen LogP contribution in [0.1, 0.15) is 47.8 Å². The molecule has 2 fully saturated rings. The molecule has 2 unspecified atom stereocenters. The first-order valence-corrected chi connectivity index (χ1v) is 8.16. The molecule has 4 rings (SSSR count). The van der Waals surface area contributed by atoms with Crippen molar-refractivity contribution in [1.82, 2.24) is 9.96 Å². The van der Waals surface area contributed by atoms with Crippen LogP contribution >= 0.6 is 0 Å². The van der Waals surface area contributed by atoms with E-state index in [0.717, 1.165) is 4.90 Å². The molecular weight excluding hydrogens is 344 g/mol. The molecule has 3 amide bonds. The number of hydrogen-bond acceptors (Lipinski definition) is 7. The summed E-state index contributed by atoms with van der Waals surface area (Å²) in [6, 6.07) is 5.54. The minimum Gasteiger partial charge on any atom is -0.433 e. The Kier molecular flexibility index (Phi) is 3.71. The van der Waals surface area contributed by atoms with Gasteiger partial charge in [-0.05, 0) is 12.5 Å². The molecule has 1 aromatic carbocycles. The van der Waals surface area contributed by atoms with E-state index >= 15 is 0 Å². The Balaban J connectivity index is 1.59. The molecule has 3 heterocycles. The third-order valence-corrected chi connectivity index (χ3v) is 4.63. The van der Waals surface area contributed by atoms with Crippen molar-refractivity contribution in [3.05, 3.63) is 35.4 Å². The minimum atomic E-state index is -1.05. The summed E-state index contributed by atoms with van der Waals surface area (Å²) in [5.41, 5.74) is 0.813. The molecule has 0 spiro atoms. The van der Waals surface area contributed by atoms with Gasteiger partial charge in [0, 0.05) is 24.8 Å². The fourth-order valence-electron chi connectivity index (χ4n) is 3.37. The van der Waals surface area contributed by atoms with Crippen molar-refractivity contribution in [3.8, 4) is 0 Å². The van der Waals surface area contributed by atoms with Crippen LogP contribution in [0.15, 0.2) is 24.3 Å². The van der Waals surface area contributed by atoms with Gasteiger partial charge in [0.15, 0.2) is 0 Å². The van der Waals surface area contributed by atoms with Crippen molar-refractivity contribution in [2.75, 3.05) is 0 Å². The number of nitrogens with zero attached hydrogens (tertiary/aromatic N) is 2. The van der Waals surface area contributed by atoms with Crippen molar-refractivity contribution in [2.24, 2.45) is 0 Å². The van der Waals surface area contributed by atoms with E-state index in [9.17, 15) is 24.0 Å². The van der Waals surface area contributed by atoms with Gasteiger partial charge >= 0.3 is 11.9 Å². The Bertz CT molecular complexity index is 833. The number of rotatable bonds is 3. The van der Waals surface area contributed by atoms with Gasteiger partial charge in [-0.1, -0.05) is 18.2 Å². The van der Waals surface area contributed by atoms with Crippen molar-refractivity contribution >= 4 is 29.7 Å². The van der Waals surface area contributed by atoms with E-state index in [0.29, 0.717) is 16.2 Å². The maximum absolute atomic E-state index is 12.5. The predicted molar refractivity (Wildman–Crippen MR) is 81.6 cm³/mol. The van der Waals surface area contributed by atoms with E-state index in [1.165, 1.54) is 0 Å². The Morgan fingerprint density at radius 1 is 1.00 bits per heavy atom. The van der Waals surface area contributed by atoms with E-state index in [2.05, 4.69) is 0 Å². The smallest absolute Gasteiger partial charge is 0.355 e. The van der Waals surface area contributed by atoms with Gasteiger partial charge in [0.25, 0.3) is 11.8 Å². The Labute approximate surface area is 147 Å². The average Bonchev–Trinajstić information content (AvgIpc) is 3.26. The van der Waals surface area contributed by atoms with Gasteiger partial charge in [0.05, 0.1) is 5.56 Å². The van der Waals surface area contributed by atoms with Gasteiger partial charge in [0.2, 0.25) is 12.1 Å². The maximum atomic E-state index is 12.5. The summed E-state index contributed by atoms with van der Waals surface area (Å²) in [6.07, 6.45) is -0.863. The lowest BCUT2D eigenvalue weighted by Crippen LogP contribution is -2.45. The third kappa shape index (κ3) is 2.43. The van der Waals surface area contributed by atoms with E-state index in [4.69, 9.17) is 9.57 Å². The Morgan fingerprint density at radius 2 is 1.69 bits per heavy atom. The number of carbonyl (C=O) groups excluding carboxylic acids is 5. The van der Waals surface area contributed by atoms with Crippen LogP contribution in [-0.4, -0.2) is 45.7 Å². The Hall–Kier alpha value is -3.23. The van der Waals surface area contributed by atoms with Crippen molar-refractivity contribution in [1.29, 1.82) is 0 Å². The molecule has 26 heavy (non-hydrogen) atoms. The van der Waals surface area contributed by atoms with Crippen LogP contribution in [0.4, 0.5) is 0 Å². The molecule has 2 saturated heterocycles. The van der Waals surface area contributed by atoms with Crippen molar-refractivity contribution < 1.29 is 33.5 Å². The second-order valence-corrected chi connectivity index (χ2v) is 6.19. The molecule has 0 aromatic heterocycles. The first-order chi connectivity index (χ1) is 12.5. The molecule has 0 N–H and O–H groups in total. The fraction of sp³-hybridized carbons (Fsp3) is 0.353. The predicted octanol–water partition coefficient (Wildman–Crippen LogP) is 0.454. The minimum absolute atomic E-state index is 0.0208. The number of cyclic esters (lactones) is 1. The van der Waals surface area contributed by atoms with Gasteiger partial charge < -0.3 is 9.57 Å². The van der Waals surface area contributed by atoms with Crippen LogP contribution in [-0.2, 0) is 28.8 Å². The van der Waals surface area contributed by atoms with Gasteiger partial charge in [0.1, 0.15) is 6.04 Å². The fourth-order valence-corrected chi connectivity index (χ4v) is 3.37. The average molecular weight is 358 g/mol. The first-order valence-electron chi connectivity index (χ1n) is 8.16. The zero-order valence-corrected chi connectivity index (χ0v) is 13.5. The van der Waals surface area contributed by atoms with Crippen LogP contribution < -0.4 is 0 Å². The monoisotopic (exact) mass is 358 g/mol. The zero-order chi connectivity index (χ0) is 18.4. The van der Waals surface area contributed by atoms with Crippen LogP contribution in [0.3, 0.4) is 0 Å². The maximum Gasteiger partial charge on any atom is 0.355 e. The molecular formula is C17H14N2O7. The highest BCUT2D eigenvalue weighted by Gasteiger charge is 2.48. The Morgan fingerprint density at radius 3 is 2.42 bits per heavy atom. The summed E-state index contributed by atoms with van der Waals surface area (Å²) in [5.74, 6) is -3.06. The highest BCUT2D eigenvalue weighted by molar-refractivity contribution is 6.02. The highest BCUT2D eigenvalue weighted by atomic mass is 16.7. The van der Waals surface area contributed by atoms with E-state index in [-0.39, 0.29) is 31.6 Å². The quantitative estimate of drug-likeness (QED) is 0.570. The van der Waals surface area contributed by atoms with Crippen LogP contribution in [0.5, 0.6) is 0 Å². The summed E-state index contributed by atoms with van der Waals surface area (Å²) >= 11 is 0. The second-order valence-electron chi connectivity index (χ2n) is 6.19. The van der Waals surface area contributed by atoms with Crippen LogP contribution in [0.2, 0.25) is 0 Å². The molecule has 0 bridgehead atoms. The third-order valence-electron chi connectivity index (χ3n) is 4.63. The second kappa shape index (κ2) is 5.94. The normalized spacial score (nSPS) is 24.9. The number of hydrogen-bond donors (Lipinski definition) is 0. The highest BCUT2D eigenvalue weighted by Crippen LogP contribution is 2.38. The van der Waals surface area contributed by atoms with E-state index in [1.54, 1.807) is 24.3 Å². The lowest BCUT2D eigenvalue weighted by Gasteiger charge is -2.29. The molecule has 1 aromatic rings. The van der Waals surface area contributed by atoms with Gasteiger partial charge in [-0.3, -0.25) is 19.3 Å². The molecule has 3 aliphatic heterocycles. The molecule has 0 radical (unpaired) electrons. The first kappa shape index (κ1) is 16.2. The number of benzene rings is 1. The number of esters is 1. The summed E-state index contributed by atoms with van der Waals surface area (Å²) in [4.78, 5) is 66.2. The number of hydroxylamine groups is 2. The lowest BCUT2D eigenvalue weighted by atomic mass is 10.1. The summed E-state index contributed by atoms with van der Waals surface area (Å²) in [6.45, 7) is 0. The number of carbonyl (C=O) groups is 5. The number of fused-ring (bicyclic) bond motifs is 1. The number of ether oxygens (including phenoxy) is 1. The lowest BCUT2D eigenvalue weighted by molar-refractivity contribution is -0.202. The molecule has 0 aliphatic carbocycles. The van der Waals surface area contributed by atoms with Crippen LogP contribution in [0.25, 0.3) is 0 Å². The number of amides is 3. The topological polar surface area (TPSA) is 110 Å². The van der Waals surface area contributed by atoms with Crippen molar-refractivity contribution in [3.63, 3.8) is 0 Å². The number of imide groups is 1. The number of likely N-dealkylation sites (tertiary alicyclic amines) is 1. The summed E-state index contributed by atoms with van der Waals surface area (Å²) in [5, 5.41) is 0.442. The largest absolute Gasteiger partial charge is 0.433 e. The molecule has 134 valence electrons. The van der Waals surface area contributed by atoms with Gasteiger partial charge in [-0.25, -0.2) is 9.59 Å². The standard InChI is InChI=1S/C17H14N2O7/c20-12-6-5-11(17(24)26-19-13(21)7-8-14(19)22)18(12)15-9-3-1-2-4-10(9)16(23)25-15/h1-4,11,15H,5-8H2. The van der Waals surface area contributed by atoms with Crippen molar-refractivity contribution in [2.45, 2.75) is 38.0 Å². The van der Waals surface area contributed by atoms with E-state index in [1.807, 2.05) is 0 Å². The molecule has 9 nitrogen and oxygen atoms in total. The van der Waals surface area contributed by atoms with Gasteiger partial charge in [-0.2, -0.15) is 0 Å². The molecule has 9 heteroatoms. The van der Waals surface area contributed by atoms with Gasteiger partial charge in [-0.15, -0.1) is 5.06 Å². The molecule has 2 atom stereocenters. The van der Waals surface area contributed by atoms with E-state index < -0.39 is 36.0 Å². The SMILES string of the molecule is O=C1OC(N2C(=O)CCC2C(=O)ON2C(=O)CCC2=O)c2ccccc21. The molecule has 0 saturated carbocycles. The summed E-state index contributed by atoms with van der Waals surface area (Å²) in [7, 11) is 0. The zero-order valence-electron chi connectivity index (χ0n) is 13.5.